The van der Waals surface area contributed by atoms with E-state index < -0.39 is 0 Å². The SMILES string of the molecule is Cc1cc(-c2cnc(N3CCCCC3)nc2)nc2nn(C)cc12. The molecular formula is C17H20N6. The molecule has 6 heteroatoms. The van der Waals surface area contributed by atoms with E-state index in [9.17, 15) is 0 Å². The number of anilines is 1. The molecule has 3 aromatic rings. The summed E-state index contributed by atoms with van der Waals surface area (Å²) in [4.78, 5) is 16.0. The summed E-state index contributed by atoms with van der Waals surface area (Å²) in [6.45, 7) is 4.19. The van der Waals surface area contributed by atoms with Gasteiger partial charge < -0.3 is 4.90 Å². The zero-order chi connectivity index (χ0) is 15.8. The molecule has 0 saturated carbocycles. The van der Waals surface area contributed by atoms with E-state index in [1.807, 2.05) is 25.6 Å². The van der Waals surface area contributed by atoms with E-state index in [4.69, 9.17) is 0 Å². The van der Waals surface area contributed by atoms with Gasteiger partial charge in [-0.2, -0.15) is 5.10 Å². The Bertz CT molecular complexity index is 830. The molecule has 0 aromatic carbocycles. The van der Waals surface area contributed by atoms with Gasteiger partial charge in [-0.25, -0.2) is 15.0 Å². The predicted molar refractivity (Wildman–Crippen MR) is 90.3 cm³/mol. The van der Waals surface area contributed by atoms with Crippen molar-refractivity contribution in [3.63, 3.8) is 0 Å². The maximum atomic E-state index is 4.64. The van der Waals surface area contributed by atoms with Crippen LogP contribution in [-0.4, -0.2) is 37.8 Å². The molecule has 0 atom stereocenters. The van der Waals surface area contributed by atoms with Crippen LogP contribution in [0.25, 0.3) is 22.3 Å². The van der Waals surface area contributed by atoms with Gasteiger partial charge in [-0.3, -0.25) is 4.68 Å². The average molecular weight is 308 g/mol. The third kappa shape index (κ3) is 2.65. The number of pyridine rings is 1. The molecule has 118 valence electrons. The smallest absolute Gasteiger partial charge is 0.225 e. The van der Waals surface area contributed by atoms with Crippen LogP contribution in [0.4, 0.5) is 5.95 Å². The molecule has 1 fully saturated rings. The van der Waals surface area contributed by atoms with Gasteiger partial charge in [-0.1, -0.05) is 0 Å². The lowest BCUT2D eigenvalue weighted by molar-refractivity contribution is 0.568. The number of rotatable bonds is 2. The fourth-order valence-electron chi connectivity index (χ4n) is 3.13. The maximum Gasteiger partial charge on any atom is 0.225 e. The largest absolute Gasteiger partial charge is 0.341 e. The Morgan fingerprint density at radius 2 is 1.78 bits per heavy atom. The van der Waals surface area contributed by atoms with Crippen molar-refractivity contribution in [2.75, 3.05) is 18.0 Å². The van der Waals surface area contributed by atoms with Crippen molar-refractivity contribution in [2.45, 2.75) is 26.2 Å². The second-order valence-electron chi connectivity index (χ2n) is 6.18. The predicted octanol–water partition coefficient (Wildman–Crippen LogP) is 2.72. The fourth-order valence-corrected chi connectivity index (χ4v) is 3.13. The Morgan fingerprint density at radius 3 is 2.52 bits per heavy atom. The van der Waals surface area contributed by atoms with E-state index >= 15 is 0 Å². The van der Waals surface area contributed by atoms with E-state index in [1.165, 1.54) is 24.8 Å². The van der Waals surface area contributed by atoms with Gasteiger partial charge in [0.1, 0.15) is 0 Å². The molecule has 0 N–H and O–H groups in total. The fraction of sp³-hybridized carbons (Fsp3) is 0.412. The van der Waals surface area contributed by atoms with Crippen molar-refractivity contribution in [1.29, 1.82) is 0 Å². The zero-order valence-electron chi connectivity index (χ0n) is 13.5. The molecule has 0 spiro atoms. The molecule has 6 nitrogen and oxygen atoms in total. The molecule has 0 amide bonds. The van der Waals surface area contributed by atoms with E-state index in [0.717, 1.165) is 41.3 Å². The zero-order valence-corrected chi connectivity index (χ0v) is 13.5. The van der Waals surface area contributed by atoms with Gasteiger partial charge in [0.25, 0.3) is 0 Å². The summed E-state index contributed by atoms with van der Waals surface area (Å²) >= 11 is 0. The van der Waals surface area contributed by atoms with Gasteiger partial charge in [0.05, 0.1) is 5.69 Å². The molecule has 4 heterocycles. The summed E-state index contributed by atoms with van der Waals surface area (Å²) in [5.74, 6) is 0.823. The van der Waals surface area contributed by atoms with Crippen molar-refractivity contribution >= 4 is 17.0 Å². The van der Waals surface area contributed by atoms with Crippen LogP contribution in [0, 0.1) is 6.92 Å². The Kier molecular flexibility index (Phi) is 3.44. The van der Waals surface area contributed by atoms with Crippen molar-refractivity contribution in [1.82, 2.24) is 24.7 Å². The van der Waals surface area contributed by atoms with Gasteiger partial charge in [0.15, 0.2) is 5.65 Å². The molecule has 4 rings (SSSR count). The molecule has 23 heavy (non-hydrogen) atoms. The first-order valence-electron chi connectivity index (χ1n) is 8.09. The second kappa shape index (κ2) is 5.61. The molecule has 0 bridgehead atoms. The molecule has 0 unspecified atom stereocenters. The van der Waals surface area contributed by atoms with Gasteiger partial charge in [-0.05, 0) is 37.8 Å². The van der Waals surface area contributed by atoms with Crippen LogP contribution in [0.2, 0.25) is 0 Å². The van der Waals surface area contributed by atoms with Crippen LogP contribution in [-0.2, 0) is 7.05 Å². The Labute approximate surface area is 135 Å². The average Bonchev–Trinajstić information content (AvgIpc) is 2.97. The summed E-state index contributed by atoms with van der Waals surface area (Å²) in [5.41, 5.74) is 3.74. The summed E-state index contributed by atoms with van der Waals surface area (Å²) in [5, 5.41) is 5.49. The van der Waals surface area contributed by atoms with Crippen LogP contribution in [0.15, 0.2) is 24.7 Å². The summed E-state index contributed by atoms with van der Waals surface area (Å²) in [7, 11) is 1.91. The Hall–Kier alpha value is -2.50. The third-order valence-corrected chi connectivity index (χ3v) is 4.39. The minimum absolute atomic E-state index is 0.766. The topological polar surface area (TPSA) is 59.7 Å². The van der Waals surface area contributed by atoms with Crippen LogP contribution >= 0.6 is 0 Å². The number of aryl methyl sites for hydroxylation is 2. The molecular weight excluding hydrogens is 288 g/mol. The minimum atomic E-state index is 0.766. The van der Waals surface area contributed by atoms with E-state index in [-0.39, 0.29) is 0 Å². The standard InChI is InChI=1S/C17H20N6/c1-12-8-15(20-16-14(12)11-22(2)21-16)13-9-18-17(19-10-13)23-6-4-3-5-7-23/h8-11H,3-7H2,1-2H3. The molecule has 1 aliphatic rings. The van der Waals surface area contributed by atoms with Crippen LogP contribution in [0.5, 0.6) is 0 Å². The van der Waals surface area contributed by atoms with Gasteiger partial charge in [-0.15, -0.1) is 0 Å². The van der Waals surface area contributed by atoms with Crippen LogP contribution in [0.3, 0.4) is 0 Å². The van der Waals surface area contributed by atoms with Crippen molar-refractivity contribution in [3.05, 3.63) is 30.2 Å². The third-order valence-electron chi connectivity index (χ3n) is 4.39. The molecule has 1 aliphatic heterocycles. The lowest BCUT2D eigenvalue weighted by atomic mass is 10.1. The first-order chi connectivity index (χ1) is 11.2. The number of aromatic nitrogens is 5. The van der Waals surface area contributed by atoms with Gasteiger partial charge >= 0.3 is 0 Å². The number of hydrogen-bond acceptors (Lipinski definition) is 5. The number of piperidine rings is 1. The van der Waals surface area contributed by atoms with Gasteiger partial charge in [0, 0.05) is 49.7 Å². The highest BCUT2D eigenvalue weighted by Crippen LogP contribution is 2.24. The lowest BCUT2D eigenvalue weighted by Crippen LogP contribution is -2.30. The first kappa shape index (κ1) is 14.1. The number of fused-ring (bicyclic) bond motifs is 1. The van der Waals surface area contributed by atoms with E-state index in [1.54, 1.807) is 4.68 Å². The highest BCUT2D eigenvalue weighted by atomic mass is 15.3. The van der Waals surface area contributed by atoms with Crippen LogP contribution in [0.1, 0.15) is 24.8 Å². The maximum absolute atomic E-state index is 4.64. The first-order valence-corrected chi connectivity index (χ1v) is 8.09. The number of nitrogens with zero attached hydrogens (tertiary/aromatic N) is 6. The quantitative estimate of drug-likeness (QED) is 0.728. The second-order valence-corrected chi connectivity index (χ2v) is 6.18. The molecule has 0 aliphatic carbocycles. The Balaban J connectivity index is 1.67. The molecule has 0 radical (unpaired) electrons. The summed E-state index contributed by atoms with van der Waals surface area (Å²) < 4.78 is 1.80. The monoisotopic (exact) mass is 308 g/mol. The highest BCUT2D eigenvalue weighted by molar-refractivity contribution is 5.81. The summed E-state index contributed by atoms with van der Waals surface area (Å²) in [6.07, 6.45) is 9.49. The van der Waals surface area contributed by atoms with Crippen molar-refractivity contribution in [2.24, 2.45) is 7.05 Å². The highest BCUT2D eigenvalue weighted by Gasteiger charge is 2.14. The van der Waals surface area contributed by atoms with Crippen molar-refractivity contribution in [3.8, 4) is 11.3 Å². The lowest BCUT2D eigenvalue weighted by Gasteiger charge is -2.26. The molecule has 1 saturated heterocycles. The normalized spacial score (nSPS) is 15.3. The van der Waals surface area contributed by atoms with E-state index in [2.05, 4.69) is 37.9 Å². The van der Waals surface area contributed by atoms with Gasteiger partial charge in [0.2, 0.25) is 5.95 Å². The minimum Gasteiger partial charge on any atom is -0.341 e. The van der Waals surface area contributed by atoms with E-state index in [0.29, 0.717) is 0 Å². The van der Waals surface area contributed by atoms with Crippen LogP contribution < -0.4 is 4.90 Å². The summed E-state index contributed by atoms with van der Waals surface area (Å²) in [6, 6.07) is 2.07. The Morgan fingerprint density at radius 1 is 1.04 bits per heavy atom. The molecule has 3 aromatic heterocycles. The van der Waals surface area contributed by atoms with Crippen molar-refractivity contribution < 1.29 is 0 Å². The number of hydrogen-bond donors (Lipinski definition) is 0.